The molecule has 10 nitrogen and oxygen atoms in total. The van der Waals surface area contributed by atoms with Gasteiger partial charge in [-0.25, -0.2) is 12.7 Å². The highest BCUT2D eigenvalue weighted by Crippen LogP contribution is 2.56. The second kappa shape index (κ2) is 13.1. The SMILES string of the molecule is COc1ccc(S(=O)(=O)N2C(=O)C(c3cc(CN4CCNCC4)ccc3OC)(N3CCCC3c3ccccn3)c3cc(Cl)ccc32)cc1. The van der Waals surface area contributed by atoms with Gasteiger partial charge in [0.1, 0.15) is 11.5 Å². The van der Waals surface area contributed by atoms with E-state index in [-0.39, 0.29) is 16.6 Å². The van der Waals surface area contributed by atoms with E-state index in [2.05, 4.69) is 15.1 Å². The van der Waals surface area contributed by atoms with Crippen molar-refractivity contribution >= 4 is 33.2 Å². The Bertz CT molecular complexity index is 1920. The van der Waals surface area contributed by atoms with Crippen LogP contribution < -0.4 is 19.1 Å². The first-order valence-corrected chi connectivity index (χ1v) is 17.9. The van der Waals surface area contributed by atoms with Crippen LogP contribution in [0.15, 0.2) is 90.0 Å². The van der Waals surface area contributed by atoms with Gasteiger partial charge in [-0.15, -0.1) is 0 Å². The standard InChI is InChI=1S/C36H38ClN5O5S/c1-46-27-10-12-28(13-11-27)48(44,45)42-32-14-9-26(37)23-29(32)36(35(42)43,41-19-5-7-33(41)31-6-3-4-16-39-31)30-22-25(8-15-34(30)47-2)24-40-20-17-38-18-21-40/h3-4,6,8-16,22-23,33,38H,5,7,17-21,24H2,1-2H3. The lowest BCUT2D eigenvalue weighted by atomic mass is 9.80. The topological polar surface area (TPSA) is 104 Å². The largest absolute Gasteiger partial charge is 0.497 e. The molecule has 4 heterocycles. The van der Waals surface area contributed by atoms with Crippen molar-refractivity contribution in [1.29, 1.82) is 0 Å². The monoisotopic (exact) mass is 687 g/mol. The van der Waals surface area contributed by atoms with Gasteiger partial charge in [-0.05, 0) is 85.1 Å². The normalized spacial score (nSPS) is 21.8. The second-order valence-corrected chi connectivity index (χ2v) is 14.5. The lowest BCUT2D eigenvalue weighted by Crippen LogP contribution is -2.54. The average Bonchev–Trinajstić information content (AvgIpc) is 3.70. The number of rotatable bonds is 9. The molecular weight excluding hydrogens is 650 g/mol. The molecule has 0 bridgehead atoms. The van der Waals surface area contributed by atoms with E-state index in [9.17, 15) is 8.42 Å². The van der Waals surface area contributed by atoms with Gasteiger partial charge in [0.05, 0.1) is 36.5 Å². The van der Waals surface area contributed by atoms with E-state index >= 15 is 4.79 Å². The van der Waals surface area contributed by atoms with Gasteiger partial charge in [0, 0.05) is 61.6 Å². The predicted octanol–water partition coefficient (Wildman–Crippen LogP) is 4.97. The molecule has 48 heavy (non-hydrogen) atoms. The van der Waals surface area contributed by atoms with Crippen LogP contribution >= 0.6 is 11.6 Å². The molecular formula is C36H38ClN5O5S. The number of ether oxygens (including phenoxy) is 2. The minimum Gasteiger partial charge on any atom is -0.497 e. The molecule has 3 aromatic carbocycles. The van der Waals surface area contributed by atoms with Gasteiger partial charge in [0.25, 0.3) is 15.9 Å². The number of nitrogens with one attached hydrogen (secondary N) is 1. The van der Waals surface area contributed by atoms with Gasteiger partial charge in [0.2, 0.25) is 0 Å². The van der Waals surface area contributed by atoms with Crippen molar-refractivity contribution < 1.29 is 22.7 Å². The number of nitrogens with zero attached hydrogens (tertiary/aromatic N) is 4. The van der Waals surface area contributed by atoms with E-state index < -0.39 is 21.5 Å². The molecule has 12 heteroatoms. The van der Waals surface area contributed by atoms with Crippen molar-refractivity contribution in [1.82, 2.24) is 20.1 Å². The molecule has 2 fully saturated rings. The first kappa shape index (κ1) is 32.5. The molecule has 2 unspecified atom stereocenters. The van der Waals surface area contributed by atoms with Crippen LogP contribution in [0.5, 0.6) is 11.5 Å². The Morgan fingerprint density at radius 2 is 1.73 bits per heavy atom. The zero-order chi connectivity index (χ0) is 33.5. The summed E-state index contributed by atoms with van der Waals surface area (Å²) < 4.78 is 41.5. The fraction of sp³-hybridized carbons (Fsp3) is 0.333. The summed E-state index contributed by atoms with van der Waals surface area (Å²) in [6, 6.07) is 22.4. The van der Waals surface area contributed by atoms with Gasteiger partial charge >= 0.3 is 0 Å². The number of carbonyl (C=O) groups excluding carboxylic acids is 1. The van der Waals surface area contributed by atoms with Crippen molar-refractivity contribution in [2.45, 2.75) is 35.9 Å². The number of hydrogen-bond donors (Lipinski definition) is 1. The molecule has 1 aromatic heterocycles. The van der Waals surface area contributed by atoms with E-state index in [1.807, 2.05) is 36.4 Å². The molecule has 2 atom stereocenters. The third-order valence-corrected chi connectivity index (χ3v) is 11.6. The predicted molar refractivity (Wildman–Crippen MR) is 184 cm³/mol. The molecule has 0 aliphatic carbocycles. The highest BCUT2D eigenvalue weighted by molar-refractivity contribution is 7.93. The lowest BCUT2D eigenvalue weighted by Gasteiger charge is -2.42. The number of likely N-dealkylation sites (tertiary alicyclic amines) is 1. The zero-order valence-corrected chi connectivity index (χ0v) is 28.5. The smallest absolute Gasteiger partial charge is 0.271 e. The highest BCUT2D eigenvalue weighted by Gasteiger charge is 2.62. The third kappa shape index (κ3) is 5.43. The maximum absolute atomic E-state index is 15.6. The van der Waals surface area contributed by atoms with Crippen LogP contribution in [-0.4, -0.2) is 76.1 Å². The van der Waals surface area contributed by atoms with Crippen molar-refractivity contribution in [3.8, 4) is 11.5 Å². The summed E-state index contributed by atoms with van der Waals surface area (Å²) in [5.74, 6) is 0.370. The fourth-order valence-corrected chi connectivity index (χ4v) is 9.07. The molecule has 3 aliphatic rings. The van der Waals surface area contributed by atoms with Crippen LogP contribution in [0, 0.1) is 0 Å². The van der Waals surface area contributed by atoms with E-state index in [1.54, 1.807) is 43.6 Å². The van der Waals surface area contributed by atoms with E-state index in [0.717, 1.165) is 54.6 Å². The fourth-order valence-electron chi connectivity index (χ4n) is 7.44. The lowest BCUT2D eigenvalue weighted by molar-refractivity contribution is -0.127. The summed E-state index contributed by atoms with van der Waals surface area (Å²) in [5.41, 5.74) is 1.50. The number of hydrogen-bond acceptors (Lipinski definition) is 9. The summed E-state index contributed by atoms with van der Waals surface area (Å²) in [4.78, 5) is 24.8. The maximum atomic E-state index is 15.6. The molecule has 2 saturated heterocycles. The Morgan fingerprint density at radius 1 is 0.938 bits per heavy atom. The molecule has 3 aliphatic heterocycles. The Labute approximate surface area is 286 Å². The summed E-state index contributed by atoms with van der Waals surface area (Å²) in [6.45, 7) is 4.77. The van der Waals surface area contributed by atoms with Crippen LogP contribution in [0.25, 0.3) is 0 Å². The number of amides is 1. The number of carbonyl (C=O) groups is 1. The Hall–Kier alpha value is -4.00. The van der Waals surface area contributed by atoms with Crippen LogP contribution in [0.1, 0.15) is 41.3 Å². The molecule has 0 spiro atoms. The van der Waals surface area contributed by atoms with Crippen LogP contribution in [-0.2, 0) is 26.9 Å². The number of benzene rings is 3. The van der Waals surface area contributed by atoms with Crippen molar-refractivity contribution in [3.63, 3.8) is 0 Å². The van der Waals surface area contributed by atoms with Gasteiger partial charge in [-0.1, -0.05) is 23.7 Å². The number of anilines is 1. The van der Waals surface area contributed by atoms with Crippen molar-refractivity contribution in [2.24, 2.45) is 0 Å². The molecule has 0 radical (unpaired) electrons. The van der Waals surface area contributed by atoms with Crippen LogP contribution in [0.4, 0.5) is 5.69 Å². The summed E-state index contributed by atoms with van der Waals surface area (Å²) in [5, 5.41) is 3.79. The molecule has 0 saturated carbocycles. The first-order chi connectivity index (χ1) is 23.3. The summed E-state index contributed by atoms with van der Waals surface area (Å²) in [7, 11) is -1.31. The maximum Gasteiger partial charge on any atom is 0.271 e. The highest BCUT2D eigenvalue weighted by atomic mass is 35.5. The summed E-state index contributed by atoms with van der Waals surface area (Å²) in [6.07, 6.45) is 3.26. The number of fused-ring (bicyclic) bond motifs is 1. The Kier molecular flexibility index (Phi) is 8.90. The minimum atomic E-state index is -4.40. The first-order valence-electron chi connectivity index (χ1n) is 16.1. The number of methoxy groups -OCH3 is 2. The number of piperazine rings is 1. The molecule has 1 amide bonds. The summed E-state index contributed by atoms with van der Waals surface area (Å²) >= 11 is 6.72. The molecule has 1 N–H and O–H groups in total. The van der Waals surface area contributed by atoms with Gasteiger partial charge < -0.3 is 14.8 Å². The van der Waals surface area contributed by atoms with Crippen molar-refractivity contribution in [3.05, 3.63) is 112 Å². The van der Waals surface area contributed by atoms with Crippen LogP contribution in [0.2, 0.25) is 5.02 Å². The minimum absolute atomic E-state index is 0.0320. The van der Waals surface area contributed by atoms with Gasteiger partial charge in [-0.2, -0.15) is 0 Å². The average molecular weight is 688 g/mol. The molecule has 4 aromatic rings. The molecule has 250 valence electrons. The van der Waals surface area contributed by atoms with E-state index in [1.165, 1.54) is 19.2 Å². The van der Waals surface area contributed by atoms with Gasteiger partial charge in [-0.3, -0.25) is 19.6 Å². The Balaban J connectivity index is 1.48. The van der Waals surface area contributed by atoms with Gasteiger partial charge in [0.15, 0.2) is 5.54 Å². The number of sulfonamides is 1. The quantitative estimate of drug-likeness (QED) is 0.261. The number of pyridine rings is 1. The number of halogens is 1. The third-order valence-electron chi connectivity index (χ3n) is 9.64. The van der Waals surface area contributed by atoms with E-state index in [4.69, 9.17) is 26.1 Å². The Morgan fingerprint density at radius 3 is 2.44 bits per heavy atom. The number of aromatic nitrogens is 1. The second-order valence-electron chi connectivity index (χ2n) is 12.3. The van der Waals surface area contributed by atoms with E-state index in [0.29, 0.717) is 40.7 Å². The molecule has 7 rings (SSSR count). The van der Waals surface area contributed by atoms with Crippen LogP contribution in [0.3, 0.4) is 0 Å². The zero-order valence-electron chi connectivity index (χ0n) is 26.9. The van der Waals surface area contributed by atoms with Crippen molar-refractivity contribution in [2.75, 3.05) is 51.2 Å².